The van der Waals surface area contributed by atoms with Crippen molar-refractivity contribution in [3.63, 3.8) is 0 Å². The third kappa shape index (κ3) is 3.38. The number of rotatable bonds is 4. The first-order chi connectivity index (χ1) is 11.2. The molecule has 1 fully saturated rings. The number of anilines is 1. The second-order valence-electron chi connectivity index (χ2n) is 5.58. The number of nitrogens with zero attached hydrogens (tertiary/aromatic N) is 3. The number of hydrogen-bond acceptors (Lipinski definition) is 5. The molecule has 23 heavy (non-hydrogen) atoms. The minimum atomic E-state index is -0.0414. The number of morpholine rings is 1. The highest BCUT2D eigenvalue weighted by atomic mass is 32.1. The number of thiazole rings is 1. The second-order valence-corrected chi connectivity index (χ2v) is 6.51. The first-order valence-electron chi connectivity index (χ1n) is 7.76. The monoisotopic (exact) mass is 331 g/mol. The van der Waals surface area contributed by atoms with E-state index in [1.807, 2.05) is 43.6 Å². The molecule has 1 aromatic carbocycles. The molecule has 1 atom stereocenters. The maximum Gasteiger partial charge on any atom is 0.256 e. The number of carbonyl (C=O) groups excluding carboxylic acids is 1. The van der Waals surface area contributed by atoms with Crippen LogP contribution in [0.15, 0.2) is 35.8 Å². The van der Waals surface area contributed by atoms with Crippen LogP contribution in [0.5, 0.6) is 0 Å². The van der Waals surface area contributed by atoms with Crippen LogP contribution in [0.25, 0.3) is 0 Å². The molecule has 0 spiro atoms. The Labute approximate surface area is 140 Å². The van der Waals surface area contributed by atoms with Crippen LogP contribution in [0.3, 0.4) is 0 Å². The largest absolute Gasteiger partial charge is 0.378 e. The Kier molecular flexibility index (Phi) is 4.93. The number of ether oxygens (including phenoxy) is 1. The van der Waals surface area contributed by atoms with Crippen LogP contribution in [0.2, 0.25) is 0 Å². The Bertz CT molecular complexity index is 654. The normalized spacial score (nSPS) is 16.2. The van der Waals surface area contributed by atoms with Crippen molar-refractivity contribution >= 4 is 22.9 Å². The summed E-state index contributed by atoms with van der Waals surface area (Å²) in [4.78, 5) is 21.3. The molecule has 0 aliphatic carbocycles. The number of hydrogen-bond donors (Lipinski definition) is 0. The summed E-state index contributed by atoms with van der Waals surface area (Å²) >= 11 is 1.57. The van der Waals surface area contributed by atoms with Gasteiger partial charge >= 0.3 is 0 Å². The highest BCUT2D eigenvalue weighted by molar-refractivity contribution is 7.09. The average molecular weight is 331 g/mol. The summed E-state index contributed by atoms with van der Waals surface area (Å²) in [5.41, 5.74) is 1.72. The predicted octanol–water partition coefficient (Wildman–Crippen LogP) is 2.81. The summed E-state index contributed by atoms with van der Waals surface area (Å²) < 4.78 is 5.41. The van der Waals surface area contributed by atoms with E-state index in [2.05, 4.69) is 9.88 Å². The van der Waals surface area contributed by atoms with Gasteiger partial charge in [0.15, 0.2) is 0 Å². The van der Waals surface area contributed by atoms with Gasteiger partial charge in [-0.3, -0.25) is 4.79 Å². The van der Waals surface area contributed by atoms with E-state index < -0.39 is 0 Å². The Morgan fingerprint density at radius 2 is 2.09 bits per heavy atom. The van der Waals surface area contributed by atoms with Crippen LogP contribution in [0.4, 0.5) is 5.69 Å². The maximum atomic E-state index is 13.0. The average Bonchev–Trinajstić information content (AvgIpc) is 3.15. The number of benzene rings is 1. The third-order valence-electron chi connectivity index (χ3n) is 4.20. The van der Waals surface area contributed by atoms with Gasteiger partial charge in [-0.2, -0.15) is 0 Å². The lowest BCUT2D eigenvalue weighted by atomic mass is 10.1. The standard InChI is InChI=1S/C17H21N3O2S/c1-13(16-18-7-12-23-16)19(2)17(21)14-5-3-4-6-15(14)20-8-10-22-11-9-20/h3-7,12-13H,8-11H2,1-2H3/t13-/m1/s1. The molecule has 1 saturated heterocycles. The van der Waals surface area contributed by atoms with Gasteiger partial charge in [0.25, 0.3) is 5.91 Å². The number of aromatic nitrogens is 1. The van der Waals surface area contributed by atoms with E-state index >= 15 is 0 Å². The number of amides is 1. The van der Waals surface area contributed by atoms with E-state index in [0.717, 1.165) is 29.3 Å². The van der Waals surface area contributed by atoms with Gasteiger partial charge in [-0.05, 0) is 19.1 Å². The van der Waals surface area contributed by atoms with E-state index in [1.165, 1.54) is 0 Å². The summed E-state index contributed by atoms with van der Waals surface area (Å²) in [6.07, 6.45) is 1.77. The zero-order valence-corrected chi connectivity index (χ0v) is 14.3. The molecular formula is C17H21N3O2S. The van der Waals surface area contributed by atoms with Crippen LogP contribution >= 0.6 is 11.3 Å². The molecule has 0 unspecified atom stereocenters. The fourth-order valence-electron chi connectivity index (χ4n) is 2.71. The van der Waals surface area contributed by atoms with Gasteiger partial charge in [0.1, 0.15) is 5.01 Å². The van der Waals surface area contributed by atoms with Gasteiger partial charge in [0.2, 0.25) is 0 Å². The van der Waals surface area contributed by atoms with Crippen molar-refractivity contribution < 1.29 is 9.53 Å². The molecule has 5 nitrogen and oxygen atoms in total. The van der Waals surface area contributed by atoms with Gasteiger partial charge in [-0.15, -0.1) is 11.3 Å². The Morgan fingerprint density at radius 3 is 2.78 bits per heavy atom. The Balaban J connectivity index is 1.84. The smallest absolute Gasteiger partial charge is 0.256 e. The molecule has 0 saturated carbocycles. The van der Waals surface area contributed by atoms with Crippen molar-refractivity contribution in [2.24, 2.45) is 0 Å². The topological polar surface area (TPSA) is 45.7 Å². The predicted molar refractivity (Wildman–Crippen MR) is 92.1 cm³/mol. The summed E-state index contributed by atoms with van der Waals surface area (Å²) in [6.45, 7) is 5.04. The molecule has 2 aromatic rings. The summed E-state index contributed by atoms with van der Waals surface area (Å²) in [7, 11) is 1.84. The van der Waals surface area contributed by atoms with E-state index in [1.54, 1.807) is 22.4 Å². The van der Waals surface area contributed by atoms with Crippen LogP contribution < -0.4 is 4.90 Å². The SMILES string of the molecule is C[C@H](c1nccs1)N(C)C(=O)c1ccccc1N1CCOCC1. The minimum Gasteiger partial charge on any atom is -0.378 e. The Morgan fingerprint density at radius 1 is 1.35 bits per heavy atom. The van der Waals surface area contributed by atoms with Crippen molar-refractivity contribution in [3.05, 3.63) is 46.4 Å². The molecule has 122 valence electrons. The van der Waals surface area contributed by atoms with Crippen LogP contribution in [-0.2, 0) is 4.74 Å². The second kappa shape index (κ2) is 7.10. The zero-order valence-electron chi connectivity index (χ0n) is 13.4. The molecular weight excluding hydrogens is 310 g/mol. The first-order valence-corrected chi connectivity index (χ1v) is 8.64. The fourth-order valence-corrected chi connectivity index (χ4v) is 3.44. The van der Waals surface area contributed by atoms with Gasteiger partial charge in [-0.1, -0.05) is 12.1 Å². The molecule has 0 bridgehead atoms. The quantitative estimate of drug-likeness (QED) is 0.864. The van der Waals surface area contributed by atoms with Crippen molar-refractivity contribution in [2.75, 3.05) is 38.3 Å². The lowest BCUT2D eigenvalue weighted by molar-refractivity contribution is 0.0742. The third-order valence-corrected chi connectivity index (χ3v) is 5.14. The summed E-state index contributed by atoms with van der Waals surface area (Å²) in [6, 6.07) is 7.77. The molecule has 0 radical (unpaired) electrons. The highest BCUT2D eigenvalue weighted by Crippen LogP contribution is 2.27. The number of carbonyl (C=O) groups is 1. The van der Waals surface area contributed by atoms with Crippen molar-refractivity contribution in [2.45, 2.75) is 13.0 Å². The maximum absolute atomic E-state index is 13.0. The van der Waals surface area contributed by atoms with Crippen molar-refractivity contribution in [1.82, 2.24) is 9.88 Å². The van der Waals surface area contributed by atoms with Gasteiger partial charge in [0.05, 0.1) is 24.8 Å². The van der Waals surface area contributed by atoms with E-state index in [9.17, 15) is 4.79 Å². The Hall–Kier alpha value is -1.92. The van der Waals surface area contributed by atoms with E-state index in [-0.39, 0.29) is 11.9 Å². The van der Waals surface area contributed by atoms with Crippen molar-refractivity contribution in [3.8, 4) is 0 Å². The van der Waals surface area contributed by atoms with E-state index in [4.69, 9.17) is 4.74 Å². The fraction of sp³-hybridized carbons (Fsp3) is 0.412. The highest BCUT2D eigenvalue weighted by Gasteiger charge is 2.24. The molecule has 3 rings (SSSR count). The molecule has 2 heterocycles. The van der Waals surface area contributed by atoms with Crippen LogP contribution in [-0.4, -0.2) is 49.1 Å². The summed E-state index contributed by atoms with van der Waals surface area (Å²) in [5.74, 6) is 0.0230. The molecule has 6 heteroatoms. The molecule has 1 amide bonds. The van der Waals surface area contributed by atoms with Gasteiger partial charge in [0, 0.05) is 37.4 Å². The van der Waals surface area contributed by atoms with Crippen LogP contribution in [0, 0.1) is 0 Å². The van der Waals surface area contributed by atoms with Gasteiger partial charge in [-0.25, -0.2) is 4.98 Å². The lowest BCUT2D eigenvalue weighted by Crippen LogP contribution is -2.38. The summed E-state index contributed by atoms with van der Waals surface area (Å²) in [5, 5.41) is 2.89. The van der Waals surface area contributed by atoms with Crippen molar-refractivity contribution in [1.29, 1.82) is 0 Å². The van der Waals surface area contributed by atoms with E-state index in [0.29, 0.717) is 13.2 Å². The first kappa shape index (κ1) is 16.0. The zero-order chi connectivity index (χ0) is 16.2. The van der Waals surface area contributed by atoms with Crippen LogP contribution in [0.1, 0.15) is 28.3 Å². The molecule has 1 aromatic heterocycles. The molecule has 0 N–H and O–H groups in total. The number of para-hydroxylation sites is 1. The lowest BCUT2D eigenvalue weighted by Gasteiger charge is -2.31. The van der Waals surface area contributed by atoms with Gasteiger partial charge < -0.3 is 14.5 Å². The molecule has 1 aliphatic heterocycles. The minimum absolute atomic E-state index is 0.0230. The molecule has 1 aliphatic rings.